The summed E-state index contributed by atoms with van der Waals surface area (Å²) in [6.45, 7) is 6.19. The Balaban J connectivity index is 2.59. The van der Waals surface area contributed by atoms with E-state index >= 15 is 0 Å². The number of thioether (sulfide) groups is 1. The minimum absolute atomic E-state index is 0.363. The fourth-order valence-electron chi connectivity index (χ4n) is 4.59. The van der Waals surface area contributed by atoms with Crippen molar-refractivity contribution in [3.63, 3.8) is 0 Å². The van der Waals surface area contributed by atoms with Gasteiger partial charge in [0.25, 0.3) is 0 Å². The number of ether oxygens (including phenoxy) is 10. The number of carbonyl (C=O) groups excluding carboxylic acids is 6. The summed E-state index contributed by atoms with van der Waals surface area (Å²) < 4.78 is 55.5. The first-order valence-corrected chi connectivity index (χ1v) is 14.1. The molecule has 2 heterocycles. The van der Waals surface area contributed by atoms with Gasteiger partial charge in [0.1, 0.15) is 25.4 Å². The maximum atomic E-state index is 12.3. The van der Waals surface area contributed by atoms with E-state index in [1.807, 2.05) is 0 Å². The second-order valence-electron chi connectivity index (χ2n) is 9.52. The molecule has 0 bridgehead atoms. The van der Waals surface area contributed by atoms with Crippen LogP contribution in [-0.2, 0) is 76.1 Å². The topological polar surface area (TPSA) is 195 Å². The van der Waals surface area contributed by atoms with Crippen LogP contribution in [0.5, 0.6) is 0 Å². The van der Waals surface area contributed by atoms with Crippen molar-refractivity contribution >= 4 is 47.6 Å². The van der Waals surface area contributed by atoms with Gasteiger partial charge in [0.2, 0.25) is 0 Å². The van der Waals surface area contributed by atoms with Gasteiger partial charge in [-0.3, -0.25) is 28.8 Å². The van der Waals surface area contributed by atoms with Crippen molar-refractivity contribution < 1.29 is 76.1 Å². The predicted molar refractivity (Wildman–Crippen MR) is 142 cm³/mol. The number of carbonyl (C=O) groups is 6. The molecule has 0 radical (unpaired) electrons. The van der Waals surface area contributed by atoms with Crippen molar-refractivity contribution in [3.8, 4) is 0 Å². The molecule has 2 rings (SSSR count). The van der Waals surface area contributed by atoms with Crippen LogP contribution in [0.15, 0.2) is 0 Å². The van der Waals surface area contributed by atoms with Gasteiger partial charge in [-0.1, -0.05) is 0 Å². The highest BCUT2D eigenvalue weighted by Crippen LogP contribution is 2.42. The van der Waals surface area contributed by atoms with Crippen molar-refractivity contribution in [1.82, 2.24) is 0 Å². The first kappa shape index (κ1) is 36.2. The SMILES string of the molecule is CO[C@@H]1O[C@H](COC(C)=O)[C@@H](OC(C)=O)[C@H](OC(C)=O)[C@@H]1S[C@@H]1[C@H](OC)O[C@H](COC(C)=O)[C@@H](OC(C)=O)[C@@H]1OC(C)=O. The smallest absolute Gasteiger partial charge is 0.303 e. The lowest BCUT2D eigenvalue weighted by Gasteiger charge is -2.48. The highest BCUT2D eigenvalue weighted by atomic mass is 32.2. The summed E-state index contributed by atoms with van der Waals surface area (Å²) in [5, 5.41) is -2.03. The zero-order valence-electron chi connectivity index (χ0n) is 25.1. The Hall–Kier alpha value is -2.99. The molecule has 0 aromatic rings. The Morgan fingerprint density at radius 3 is 1.07 bits per heavy atom. The quantitative estimate of drug-likeness (QED) is 0.205. The van der Waals surface area contributed by atoms with Crippen LogP contribution in [-0.4, -0.2) is 123 Å². The number of rotatable bonds is 12. The lowest BCUT2D eigenvalue weighted by atomic mass is 10.00. The third-order valence-electron chi connectivity index (χ3n) is 6.07. The maximum Gasteiger partial charge on any atom is 0.303 e. The van der Waals surface area contributed by atoms with E-state index in [-0.39, 0.29) is 13.2 Å². The summed E-state index contributed by atoms with van der Waals surface area (Å²) in [6.07, 6.45) is -9.63. The van der Waals surface area contributed by atoms with Crippen LogP contribution in [0, 0.1) is 0 Å². The Kier molecular flexibility index (Phi) is 14.1. The summed E-state index contributed by atoms with van der Waals surface area (Å²) in [5.74, 6) is -4.23. The molecule has 0 aromatic carbocycles. The van der Waals surface area contributed by atoms with Crippen molar-refractivity contribution in [2.75, 3.05) is 27.4 Å². The predicted octanol–water partition coefficient (Wildman–Crippen LogP) is 0.0524. The monoisotopic (exact) mass is 638 g/mol. The van der Waals surface area contributed by atoms with E-state index in [0.717, 1.165) is 39.5 Å². The molecule has 2 saturated heterocycles. The Labute approximate surface area is 252 Å². The number of hydrogen-bond donors (Lipinski definition) is 0. The van der Waals surface area contributed by atoms with Gasteiger partial charge in [-0.25, -0.2) is 0 Å². The number of methoxy groups -OCH3 is 2. The molecule has 0 amide bonds. The molecule has 43 heavy (non-hydrogen) atoms. The van der Waals surface area contributed by atoms with Crippen LogP contribution in [0.3, 0.4) is 0 Å². The second-order valence-corrected chi connectivity index (χ2v) is 10.9. The standard InChI is InChI=1S/C26H38O16S/c1-11(27)35-9-17-19(37-13(3)29)21(39-15(5)31)23(25(33-7)41-17)43-24-22(40-16(6)32)20(38-14(4)30)18(10-36-12(2)28)42-26(24)34-8/h17-26H,9-10H2,1-8H3/t17-,18-,19-,20-,21+,22+,23+,24+,25-,26-/m1/s1. The van der Waals surface area contributed by atoms with Gasteiger partial charge in [0, 0.05) is 55.8 Å². The van der Waals surface area contributed by atoms with Crippen LogP contribution in [0.2, 0.25) is 0 Å². The zero-order valence-corrected chi connectivity index (χ0v) is 25.9. The largest absolute Gasteiger partial charge is 0.463 e. The molecular formula is C26H38O16S. The van der Waals surface area contributed by atoms with Crippen molar-refractivity contribution in [3.05, 3.63) is 0 Å². The van der Waals surface area contributed by atoms with Crippen LogP contribution < -0.4 is 0 Å². The molecule has 0 spiro atoms. The van der Waals surface area contributed by atoms with Crippen molar-refractivity contribution in [2.24, 2.45) is 0 Å². The lowest BCUT2D eigenvalue weighted by molar-refractivity contribution is -0.261. The van der Waals surface area contributed by atoms with E-state index in [2.05, 4.69) is 0 Å². The van der Waals surface area contributed by atoms with Gasteiger partial charge in [-0.15, -0.1) is 11.8 Å². The third-order valence-corrected chi connectivity index (χ3v) is 7.68. The highest BCUT2D eigenvalue weighted by molar-refractivity contribution is 8.00. The minimum atomic E-state index is -1.27. The molecule has 0 N–H and O–H groups in total. The first-order valence-electron chi connectivity index (χ1n) is 13.2. The van der Waals surface area contributed by atoms with Crippen LogP contribution >= 0.6 is 11.8 Å². The molecule has 0 saturated carbocycles. The molecule has 2 aliphatic rings. The van der Waals surface area contributed by atoms with E-state index in [1.54, 1.807) is 0 Å². The molecule has 17 heteroatoms. The Morgan fingerprint density at radius 1 is 0.512 bits per heavy atom. The fraction of sp³-hybridized carbons (Fsp3) is 0.769. The normalized spacial score (nSPS) is 32.1. The average Bonchev–Trinajstić information content (AvgIpc) is 2.89. The molecule has 2 aliphatic heterocycles. The Morgan fingerprint density at radius 2 is 0.814 bits per heavy atom. The number of hydrogen-bond acceptors (Lipinski definition) is 17. The molecular weight excluding hydrogens is 600 g/mol. The van der Waals surface area contributed by atoms with E-state index in [9.17, 15) is 28.8 Å². The van der Waals surface area contributed by atoms with Gasteiger partial charge < -0.3 is 47.4 Å². The highest BCUT2D eigenvalue weighted by Gasteiger charge is 2.56. The molecule has 0 aliphatic carbocycles. The minimum Gasteiger partial charge on any atom is -0.463 e. The van der Waals surface area contributed by atoms with Gasteiger partial charge >= 0.3 is 35.8 Å². The van der Waals surface area contributed by atoms with Crippen molar-refractivity contribution in [2.45, 2.75) is 101 Å². The number of esters is 6. The van der Waals surface area contributed by atoms with Gasteiger partial charge in [0.05, 0.1) is 10.5 Å². The summed E-state index contributed by atoms with van der Waals surface area (Å²) in [7, 11) is 2.62. The van der Waals surface area contributed by atoms with Gasteiger partial charge in [-0.2, -0.15) is 0 Å². The molecule has 16 nitrogen and oxygen atoms in total. The Bertz CT molecular complexity index is 941. The van der Waals surface area contributed by atoms with Crippen LogP contribution in [0.25, 0.3) is 0 Å². The molecule has 2 fully saturated rings. The molecule has 0 unspecified atom stereocenters. The maximum absolute atomic E-state index is 12.3. The summed E-state index contributed by atoms with van der Waals surface area (Å²) >= 11 is 0.969. The molecule has 10 atom stereocenters. The van der Waals surface area contributed by atoms with Crippen LogP contribution in [0.4, 0.5) is 0 Å². The molecule has 0 aromatic heterocycles. The summed E-state index contributed by atoms with van der Waals surface area (Å²) in [6, 6.07) is 0. The second kappa shape index (κ2) is 16.7. The van der Waals surface area contributed by atoms with Crippen molar-refractivity contribution in [1.29, 1.82) is 0 Å². The van der Waals surface area contributed by atoms with E-state index in [4.69, 9.17) is 47.4 Å². The summed E-state index contributed by atoms with van der Waals surface area (Å²) in [4.78, 5) is 71.8. The van der Waals surface area contributed by atoms with Gasteiger partial charge in [0.15, 0.2) is 37.0 Å². The zero-order chi connectivity index (χ0) is 32.4. The van der Waals surface area contributed by atoms with Gasteiger partial charge in [-0.05, 0) is 0 Å². The van der Waals surface area contributed by atoms with E-state index in [1.165, 1.54) is 28.1 Å². The third kappa shape index (κ3) is 10.6. The first-order chi connectivity index (χ1) is 20.2. The average molecular weight is 639 g/mol. The molecule has 244 valence electrons. The summed E-state index contributed by atoms with van der Waals surface area (Å²) in [5.41, 5.74) is 0. The van der Waals surface area contributed by atoms with Crippen LogP contribution in [0.1, 0.15) is 41.5 Å². The van der Waals surface area contributed by atoms with E-state index in [0.29, 0.717) is 0 Å². The lowest BCUT2D eigenvalue weighted by Crippen LogP contribution is -2.64. The van der Waals surface area contributed by atoms with E-state index < -0.39 is 95.5 Å². The fourth-order valence-corrected chi connectivity index (χ4v) is 6.29.